The number of rotatable bonds is 4. The van der Waals surface area contributed by atoms with Gasteiger partial charge in [-0.15, -0.1) is 0 Å². The minimum absolute atomic E-state index is 0.179. The molecule has 0 saturated carbocycles. The monoisotopic (exact) mass is 210 g/mol. The SMILES string of the molecule is CCC(C)NC(=O)Nc1ccn(CC)n1. The number of nitrogens with zero attached hydrogens (tertiary/aromatic N) is 2. The Kier molecular flexibility index (Phi) is 4.15. The zero-order valence-electron chi connectivity index (χ0n) is 9.45. The summed E-state index contributed by atoms with van der Waals surface area (Å²) in [6, 6.07) is 1.75. The first-order chi connectivity index (χ1) is 7.15. The first-order valence-corrected chi connectivity index (χ1v) is 5.26. The fourth-order valence-corrected chi connectivity index (χ4v) is 1.08. The van der Waals surface area contributed by atoms with Crippen LogP contribution >= 0.6 is 0 Å². The van der Waals surface area contributed by atoms with E-state index in [1.54, 1.807) is 10.7 Å². The molecule has 2 amide bonds. The molecule has 0 spiro atoms. The average molecular weight is 210 g/mol. The van der Waals surface area contributed by atoms with Crippen molar-refractivity contribution < 1.29 is 4.79 Å². The third kappa shape index (κ3) is 3.61. The second kappa shape index (κ2) is 5.38. The highest BCUT2D eigenvalue weighted by molar-refractivity contribution is 5.88. The molecule has 2 N–H and O–H groups in total. The van der Waals surface area contributed by atoms with Gasteiger partial charge in [-0.3, -0.25) is 10.00 Å². The molecular formula is C10H18N4O. The lowest BCUT2D eigenvalue weighted by molar-refractivity contribution is 0.249. The highest BCUT2D eigenvalue weighted by atomic mass is 16.2. The lowest BCUT2D eigenvalue weighted by Gasteiger charge is -2.10. The van der Waals surface area contributed by atoms with Gasteiger partial charge in [-0.25, -0.2) is 4.79 Å². The molecule has 1 heterocycles. The predicted molar refractivity (Wildman–Crippen MR) is 59.8 cm³/mol. The van der Waals surface area contributed by atoms with Gasteiger partial charge in [0.1, 0.15) is 0 Å². The molecule has 0 radical (unpaired) electrons. The van der Waals surface area contributed by atoms with Crippen molar-refractivity contribution in [2.24, 2.45) is 0 Å². The summed E-state index contributed by atoms with van der Waals surface area (Å²) in [5, 5.41) is 9.63. The van der Waals surface area contributed by atoms with Crippen LogP contribution in [0.2, 0.25) is 0 Å². The Bertz CT molecular complexity index is 321. The molecular weight excluding hydrogens is 192 g/mol. The molecule has 1 rings (SSSR count). The summed E-state index contributed by atoms with van der Waals surface area (Å²) < 4.78 is 1.76. The van der Waals surface area contributed by atoms with Crippen LogP contribution < -0.4 is 10.6 Å². The summed E-state index contributed by atoms with van der Waals surface area (Å²) in [4.78, 5) is 11.4. The minimum atomic E-state index is -0.203. The van der Waals surface area contributed by atoms with Crippen LogP contribution in [0.4, 0.5) is 10.6 Å². The fraction of sp³-hybridized carbons (Fsp3) is 0.600. The molecule has 5 nitrogen and oxygen atoms in total. The van der Waals surface area contributed by atoms with Gasteiger partial charge >= 0.3 is 6.03 Å². The topological polar surface area (TPSA) is 59.0 Å². The lowest BCUT2D eigenvalue weighted by atomic mass is 10.3. The predicted octanol–water partition coefficient (Wildman–Crippen LogP) is 1.82. The Hall–Kier alpha value is -1.52. The van der Waals surface area contributed by atoms with Crippen LogP contribution in [-0.4, -0.2) is 21.9 Å². The van der Waals surface area contributed by atoms with Gasteiger partial charge in [0.25, 0.3) is 0 Å². The van der Waals surface area contributed by atoms with Crippen LogP contribution in [0.3, 0.4) is 0 Å². The number of hydrogen-bond acceptors (Lipinski definition) is 2. The Balaban J connectivity index is 2.44. The van der Waals surface area contributed by atoms with E-state index in [0.717, 1.165) is 13.0 Å². The first kappa shape index (κ1) is 11.6. The van der Waals surface area contributed by atoms with Gasteiger partial charge in [-0.1, -0.05) is 6.92 Å². The van der Waals surface area contributed by atoms with Crippen molar-refractivity contribution in [2.45, 2.75) is 39.8 Å². The third-order valence-electron chi connectivity index (χ3n) is 2.20. The molecule has 0 aliphatic heterocycles. The van der Waals surface area contributed by atoms with E-state index in [2.05, 4.69) is 15.7 Å². The number of carbonyl (C=O) groups is 1. The van der Waals surface area contributed by atoms with Gasteiger partial charge in [0.2, 0.25) is 0 Å². The van der Waals surface area contributed by atoms with Gasteiger partial charge < -0.3 is 5.32 Å². The van der Waals surface area contributed by atoms with E-state index >= 15 is 0 Å². The van der Waals surface area contributed by atoms with Crippen molar-refractivity contribution in [2.75, 3.05) is 5.32 Å². The van der Waals surface area contributed by atoms with Gasteiger partial charge in [-0.2, -0.15) is 5.10 Å². The maximum absolute atomic E-state index is 11.4. The second-order valence-electron chi connectivity index (χ2n) is 3.46. The molecule has 0 saturated heterocycles. The van der Waals surface area contributed by atoms with Crippen molar-refractivity contribution in [3.8, 4) is 0 Å². The molecule has 1 unspecified atom stereocenters. The molecule has 84 valence electrons. The van der Waals surface area contributed by atoms with E-state index in [4.69, 9.17) is 0 Å². The van der Waals surface area contributed by atoms with Crippen molar-refractivity contribution in [1.82, 2.24) is 15.1 Å². The van der Waals surface area contributed by atoms with Gasteiger partial charge in [0.15, 0.2) is 5.82 Å². The quantitative estimate of drug-likeness (QED) is 0.796. The summed E-state index contributed by atoms with van der Waals surface area (Å²) in [5.41, 5.74) is 0. The molecule has 15 heavy (non-hydrogen) atoms. The van der Waals surface area contributed by atoms with Crippen LogP contribution in [-0.2, 0) is 6.54 Å². The van der Waals surface area contributed by atoms with E-state index in [0.29, 0.717) is 5.82 Å². The molecule has 0 bridgehead atoms. The number of amides is 2. The Labute approximate surface area is 89.9 Å². The molecule has 1 aromatic rings. The summed E-state index contributed by atoms with van der Waals surface area (Å²) in [7, 11) is 0. The van der Waals surface area contributed by atoms with Gasteiger partial charge in [0, 0.05) is 24.8 Å². The van der Waals surface area contributed by atoms with Gasteiger partial charge in [0.05, 0.1) is 0 Å². The maximum Gasteiger partial charge on any atom is 0.320 e. The van der Waals surface area contributed by atoms with Crippen LogP contribution in [0.15, 0.2) is 12.3 Å². The van der Waals surface area contributed by atoms with Crippen LogP contribution in [0, 0.1) is 0 Å². The Morgan fingerprint density at radius 2 is 2.33 bits per heavy atom. The highest BCUT2D eigenvalue weighted by Crippen LogP contribution is 2.01. The molecule has 0 aliphatic rings. The van der Waals surface area contributed by atoms with Crippen molar-refractivity contribution >= 4 is 11.8 Å². The molecule has 0 aliphatic carbocycles. The fourth-order valence-electron chi connectivity index (χ4n) is 1.08. The van der Waals surface area contributed by atoms with Gasteiger partial charge in [-0.05, 0) is 20.3 Å². The van der Waals surface area contributed by atoms with Crippen molar-refractivity contribution in [1.29, 1.82) is 0 Å². The number of carbonyl (C=O) groups excluding carboxylic acids is 1. The average Bonchev–Trinajstić information content (AvgIpc) is 2.65. The molecule has 1 atom stereocenters. The van der Waals surface area contributed by atoms with E-state index in [-0.39, 0.29) is 12.1 Å². The second-order valence-corrected chi connectivity index (χ2v) is 3.46. The van der Waals surface area contributed by atoms with E-state index in [9.17, 15) is 4.79 Å². The standard InChI is InChI=1S/C10H18N4O/c1-4-8(3)11-10(15)12-9-6-7-14(5-2)13-9/h6-8H,4-5H2,1-3H3,(H2,11,12,13,15). The number of aryl methyl sites for hydroxylation is 1. The number of anilines is 1. The summed E-state index contributed by atoms with van der Waals surface area (Å²) in [6.07, 6.45) is 2.75. The zero-order valence-corrected chi connectivity index (χ0v) is 9.45. The largest absolute Gasteiger partial charge is 0.335 e. The molecule has 0 aromatic carbocycles. The smallest absolute Gasteiger partial charge is 0.320 e. The summed E-state index contributed by atoms with van der Waals surface area (Å²) in [5.74, 6) is 0.581. The number of urea groups is 1. The van der Waals surface area contributed by atoms with E-state index in [1.807, 2.05) is 27.0 Å². The van der Waals surface area contributed by atoms with E-state index in [1.165, 1.54) is 0 Å². The molecule has 1 aromatic heterocycles. The lowest BCUT2D eigenvalue weighted by Crippen LogP contribution is -2.35. The van der Waals surface area contributed by atoms with Crippen molar-refractivity contribution in [3.05, 3.63) is 12.3 Å². The summed E-state index contributed by atoms with van der Waals surface area (Å²) in [6.45, 7) is 6.78. The Morgan fingerprint density at radius 1 is 1.60 bits per heavy atom. The number of aromatic nitrogens is 2. The van der Waals surface area contributed by atoms with Crippen LogP contribution in [0.1, 0.15) is 27.2 Å². The molecule has 0 fully saturated rings. The number of nitrogens with one attached hydrogen (secondary N) is 2. The number of hydrogen-bond donors (Lipinski definition) is 2. The minimum Gasteiger partial charge on any atom is -0.335 e. The van der Waals surface area contributed by atoms with Crippen LogP contribution in [0.25, 0.3) is 0 Å². The Morgan fingerprint density at radius 3 is 2.87 bits per heavy atom. The van der Waals surface area contributed by atoms with Crippen LogP contribution in [0.5, 0.6) is 0 Å². The molecule has 5 heteroatoms. The zero-order chi connectivity index (χ0) is 11.3. The third-order valence-corrected chi connectivity index (χ3v) is 2.20. The summed E-state index contributed by atoms with van der Waals surface area (Å²) >= 11 is 0. The first-order valence-electron chi connectivity index (χ1n) is 5.26. The van der Waals surface area contributed by atoms with E-state index < -0.39 is 0 Å². The maximum atomic E-state index is 11.4. The highest BCUT2D eigenvalue weighted by Gasteiger charge is 2.06. The normalized spacial score (nSPS) is 12.2. The van der Waals surface area contributed by atoms with Crippen molar-refractivity contribution in [3.63, 3.8) is 0 Å².